The van der Waals surface area contributed by atoms with Crippen molar-refractivity contribution in [2.24, 2.45) is 0 Å². The summed E-state index contributed by atoms with van der Waals surface area (Å²) >= 11 is 1.43. The highest BCUT2D eigenvalue weighted by molar-refractivity contribution is 7.08. The van der Waals surface area contributed by atoms with Crippen molar-refractivity contribution >= 4 is 29.1 Å². The summed E-state index contributed by atoms with van der Waals surface area (Å²) in [7, 11) is 0. The van der Waals surface area contributed by atoms with Crippen molar-refractivity contribution in [2.45, 2.75) is 6.54 Å². The van der Waals surface area contributed by atoms with Crippen molar-refractivity contribution in [1.29, 1.82) is 0 Å². The number of imidazole rings is 1. The number of nitrogens with zero attached hydrogens (tertiary/aromatic N) is 2. The van der Waals surface area contributed by atoms with Gasteiger partial charge in [-0.25, -0.2) is 4.98 Å². The maximum Gasteiger partial charge on any atom is 0.252 e. The number of hydrogen-bond donors (Lipinski definition) is 2. The molecule has 0 fully saturated rings. The molecular formula is C17H16N4O2S. The van der Waals surface area contributed by atoms with Crippen molar-refractivity contribution in [3.63, 3.8) is 0 Å². The van der Waals surface area contributed by atoms with Crippen LogP contribution in [0.1, 0.15) is 15.9 Å². The molecule has 0 aliphatic heterocycles. The van der Waals surface area contributed by atoms with Crippen LogP contribution < -0.4 is 10.6 Å². The summed E-state index contributed by atoms with van der Waals surface area (Å²) in [5, 5.41) is 8.85. The van der Waals surface area contributed by atoms with E-state index in [9.17, 15) is 9.59 Å². The van der Waals surface area contributed by atoms with E-state index in [1.54, 1.807) is 23.8 Å². The van der Waals surface area contributed by atoms with Crippen molar-refractivity contribution < 1.29 is 9.59 Å². The molecule has 0 atom stereocenters. The van der Waals surface area contributed by atoms with Gasteiger partial charge in [-0.3, -0.25) is 14.9 Å². The smallest absolute Gasteiger partial charge is 0.252 e. The van der Waals surface area contributed by atoms with Crippen LogP contribution >= 0.6 is 11.3 Å². The molecule has 1 aromatic carbocycles. The molecule has 3 rings (SSSR count). The summed E-state index contributed by atoms with van der Waals surface area (Å²) in [6.45, 7) is 0.505. The monoisotopic (exact) mass is 340 g/mol. The number of hydrogen-bond acceptors (Lipinski definition) is 4. The third-order valence-electron chi connectivity index (χ3n) is 3.36. The van der Waals surface area contributed by atoms with E-state index < -0.39 is 0 Å². The normalized spacial score (nSPS) is 10.3. The fourth-order valence-corrected chi connectivity index (χ4v) is 2.80. The van der Waals surface area contributed by atoms with Crippen molar-refractivity contribution in [2.75, 3.05) is 11.9 Å². The molecule has 0 spiro atoms. The zero-order chi connectivity index (χ0) is 16.8. The topological polar surface area (TPSA) is 76.0 Å². The summed E-state index contributed by atoms with van der Waals surface area (Å²) in [6.07, 6.45) is 3.43. The number of carbonyl (C=O) groups excluding carboxylic acids is 2. The summed E-state index contributed by atoms with van der Waals surface area (Å²) < 4.78 is 1.84. The number of carbonyl (C=O) groups is 2. The molecule has 0 bridgehead atoms. The minimum absolute atomic E-state index is 0.104. The Hall–Kier alpha value is -2.93. The highest BCUT2D eigenvalue weighted by atomic mass is 32.1. The highest BCUT2D eigenvalue weighted by Crippen LogP contribution is 2.09. The van der Waals surface area contributed by atoms with Crippen LogP contribution in [-0.2, 0) is 11.3 Å². The average Bonchev–Trinajstić information content (AvgIpc) is 3.26. The number of rotatable bonds is 6. The van der Waals surface area contributed by atoms with Crippen LogP contribution in [0.4, 0.5) is 5.95 Å². The van der Waals surface area contributed by atoms with Crippen molar-refractivity contribution in [3.05, 3.63) is 70.7 Å². The minimum atomic E-state index is -0.320. The van der Waals surface area contributed by atoms with Crippen molar-refractivity contribution in [3.8, 4) is 0 Å². The molecule has 0 unspecified atom stereocenters. The zero-order valence-electron chi connectivity index (χ0n) is 12.8. The number of benzene rings is 1. The van der Waals surface area contributed by atoms with Gasteiger partial charge in [0.25, 0.3) is 5.91 Å². The Morgan fingerprint density at radius 1 is 1.17 bits per heavy atom. The lowest BCUT2D eigenvalue weighted by molar-refractivity contribution is -0.115. The molecule has 24 heavy (non-hydrogen) atoms. The lowest BCUT2D eigenvalue weighted by atomic mass is 10.2. The second kappa shape index (κ2) is 7.56. The first-order valence-electron chi connectivity index (χ1n) is 7.37. The molecule has 2 N–H and O–H groups in total. The predicted molar refractivity (Wildman–Crippen MR) is 93.1 cm³/mol. The van der Waals surface area contributed by atoms with Crippen LogP contribution in [0, 0.1) is 0 Å². The Kier molecular flexibility index (Phi) is 5.02. The van der Waals surface area contributed by atoms with Gasteiger partial charge in [-0.1, -0.05) is 30.3 Å². The Labute approximate surface area is 143 Å². The molecule has 0 aliphatic carbocycles. The van der Waals surface area contributed by atoms with Crippen LogP contribution in [0.15, 0.2) is 59.6 Å². The van der Waals surface area contributed by atoms with Gasteiger partial charge >= 0.3 is 0 Å². The fourth-order valence-electron chi connectivity index (χ4n) is 2.17. The molecule has 2 aromatic heterocycles. The SMILES string of the molecule is O=C(CNC(=O)c1ccsc1)Nc1nccn1Cc1ccccc1. The number of amides is 2. The molecule has 2 heterocycles. The highest BCUT2D eigenvalue weighted by Gasteiger charge is 2.11. The molecule has 3 aromatic rings. The lowest BCUT2D eigenvalue weighted by Gasteiger charge is -2.09. The Morgan fingerprint density at radius 3 is 2.75 bits per heavy atom. The van der Waals surface area contributed by atoms with E-state index in [-0.39, 0.29) is 18.4 Å². The first-order valence-corrected chi connectivity index (χ1v) is 8.32. The van der Waals surface area contributed by atoms with E-state index in [2.05, 4.69) is 15.6 Å². The first kappa shape index (κ1) is 15.9. The number of aromatic nitrogens is 2. The molecule has 122 valence electrons. The number of nitrogens with one attached hydrogen (secondary N) is 2. The maximum absolute atomic E-state index is 12.0. The van der Waals surface area contributed by atoms with Gasteiger partial charge in [0.2, 0.25) is 11.9 Å². The Bertz CT molecular complexity index is 812. The molecular weight excluding hydrogens is 324 g/mol. The second-order valence-corrected chi connectivity index (χ2v) is 5.89. The van der Waals surface area contributed by atoms with Gasteiger partial charge in [-0.15, -0.1) is 0 Å². The summed E-state index contributed by atoms with van der Waals surface area (Å²) in [5.74, 6) is -0.133. The fraction of sp³-hybridized carbons (Fsp3) is 0.118. The summed E-state index contributed by atoms with van der Waals surface area (Å²) in [6, 6.07) is 11.6. The van der Waals surface area contributed by atoms with Crippen LogP contribution in [0.2, 0.25) is 0 Å². The third-order valence-corrected chi connectivity index (χ3v) is 4.04. The zero-order valence-corrected chi connectivity index (χ0v) is 13.6. The second-order valence-electron chi connectivity index (χ2n) is 5.11. The third kappa shape index (κ3) is 4.08. The van der Waals surface area contributed by atoms with Gasteiger partial charge in [-0.05, 0) is 17.0 Å². The molecule has 0 radical (unpaired) electrons. The van der Waals surface area contributed by atoms with E-state index in [0.717, 1.165) is 5.56 Å². The van der Waals surface area contributed by atoms with Crippen LogP contribution in [0.25, 0.3) is 0 Å². The van der Waals surface area contributed by atoms with E-state index in [4.69, 9.17) is 0 Å². The van der Waals surface area contributed by atoms with Gasteiger partial charge in [-0.2, -0.15) is 11.3 Å². The minimum Gasteiger partial charge on any atom is -0.343 e. The van der Waals surface area contributed by atoms with E-state index in [1.165, 1.54) is 11.3 Å². The Morgan fingerprint density at radius 2 is 2.00 bits per heavy atom. The van der Waals surface area contributed by atoms with E-state index in [1.807, 2.05) is 40.3 Å². The predicted octanol–water partition coefficient (Wildman–Crippen LogP) is 2.36. The van der Waals surface area contributed by atoms with Gasteiger partial charge in [0, 0.05) is 23.3 Å². The molecule has 2 amide bonds. The van der Waals surface area contributed by atoms with Crippen LogP contribution in [0.5, 0.6) is 0 Å². The number of thiophene rings is 1. The van der Waals surface area contributed by atoms with Crippen LogP contribution in [0.3, 0.4) is 0 Å². The van der Waals surface area contributed by atoms with Crippen LogP contribution in [-0.4, -0.2) is 27.9 Å². The molecule has 0 saturated heterocycles. The molecule has 7 heteroatoms. The van der Waals surface area contributed by atoms with Gasteiger partial charge in [0.15, 0.2) is 0 Å². The molecule has 6 nitrogen and oxygen atoms in total. The average molecular weight is 340 g/mol. The first-order chi connectivity index (χ1) is 11.7. The van der Waals surface area contributed by atoms with Gasteiger partial charge in [0.1, 0.15) is 0 Å². The van der Waals surface area contributed by atoms with E-state index in [0.29, 0.717) is 18.1 Å². The van der Waals surface area contributed by atoms with E-state index >= 15 is 0 Å². The van der Waals surface area contributed by atoms with Gasteiger partial charge in [0.05, 0.1) is 13.1 Å². The van der Waals surface area contributed by atoms with Gasteiger partial charge < -0.3 is 9.88 Å². The molecule has 0 aliphatic rings. The molecule has 0 saturated carbocycles. The lowest BCUT2D eigenvalue weighted by Crippen LogP contribution is -2.33. The largest absolute Gasteiger partial charge is 0.343 e. The standard InChI is InChI=1S/C17H16N4O2S/c22-15(10-19-16(23)14-6-9-24-12-14)20-17-18-7-8-21(17)11-13-4-2-1-3-5-13/h1-9,12H,10-11H2,(H,19,23)(H,18,20,22). The Balaban J connectivity index is 1.55. The maximum atomic E-state index is 12.0. The quantitative estimate of drug-likeness (QED) is 0.723. The van der Waals surface area contributed by atoms with Crippen molar-refractivity contribution in [1.82, 2.24) is 14.9 Å². The summed E-state index contributed by atoms with van der Waals surface area (Å²) in [4.78, 5) is 28.0. The number of anilines is 1. The summed E-state index contributed by atoms with van der Waals surface area (Å²) in [5.41, 5.74) is 1.66.